The monoisotopic (exact) mass is 830 g/mol. The van der Waals surface area contributed by atoms with Crippen LogP contribution < -0.4 is 21.7 Å². The lowest BCUT2D eigenvalue weighted by Gasteiger charge is -2.43. The molecule has 3 saturated heterocycles. The highest BCUT2D eigenvalue weighted by atomic mass is 31.2. The molecule has 0 bridgehead atoms. The van der Waals surface area contributed by atoms with Crippen molar-refractivity contribution in [3.05, 3.63) is 0 Å². The molecule has 314 valence electrons. The second-order valence-corrected chi connectivity index (χ2v) is 15.1. The normalized spacial score (nSPS) is 39.5. The molecule has 0 radical (unpaired) electrons. The van der Waals surface area contributed by atoms with Gasteiger partial charge in [-0.2, -0.15) is 0 Å². The highest BCUT2D eigenvalue weighted by Crippen LogP contribution is 2.49. The summed E-state index contributed by atoms with van der Waals surface area (Å²) >= 11 is 0. The lowest BCUT2D eigenvalue weighted by atomic mass is 9.97. The van der Waals surface area contributed by atoms with Crippen LogP contribution in [0.2, 0.25) is 0 Å². The van der Waals surface area contributed by atoms with Gasteiger partial charge in [0.1, 0.15) is 73.1 Å². The maximum atomic E-state index is 13.1. The molecule has 3 aliphatic rings. The number of phosphoric acid groups is 2. The molecule has 0 aliphatic carbocycles. The van der Waals surface area contributed by atoms with E-state index in [2.05, 4.69) is 16.0 Å². The fraction of sp³-hybridized carbons (Fsp3) is 0.885. The zero-order valence-corrected chi connectivity index (χ0v) is 30.8. The summed E-state index contributed by atoms with van der Waals surface area (Å²) in [6.07, 6.45) is -21.9. The molecule has 14 N–H and O–H groups in total. The minimum atomic E-state index is -5.38. The molecule has 0 aromatic carbocycles. The molecule has 2 unspecified atom stereocenters. The van der Waals surface area contributed by atoms with E-state index in [1.807, 2.05) is 0 Å². The number of aliphatic hydroxyl groups excluding tert-OH is 7. The van der Waals surface area contributed by atoms with Crippen LogP contribution in [0.5, 0.6) is 0 Å². The average molecular weight is 831 g/mol. The Labute approximate surface area is 306 Å². The Hall–Kier alpha value is -1.85. The van der Waals surface area contributed by atoms with Gasteiger partial charge in [0.15, 0.2) is 18.9 Å². The third-order valence-corrected chi connectivity index (χ3v) is 9.97. The summed E-state index contributed by atoms with van der Waals surface area (Å²) in [6.45, 7) is -0.0414. The molecule has 0 saturated carbocycles. The van der Waals surface area contributed by atoms with Crippen LogP contribution in [0.1, 0.15) is 20.8 Å². The van der Waals surface area contributed by atoms with Crippen LogP contribution in [0, 0.1) is 0 Å². The van der Waals surface area contributed by atoms with Crippen LogP contribution in [0.25, 0.3) is 0 Å². The van der Waals surface area contributed by atoms with E-state index in [1.54, 1.807) is 0 Å². The summed E-state index contributed by atoms with van der Waals surface area (Å²) in [7, 11) is -10.7. The predicted octanol–water partition coefficient (Wildman–Crippen LogP) is -6.92. The van der Waals surface area contributed by atoms with Crippen molar-refractivity contribution in [3.63, 3.8) is 0 Å². The first-order valence-corrected chi connectivity index (χ1v) is 19.2. The number of phosphoric ester groups is 2. The number of rotatable bonds is 17. The van der Waals surface area contributed by atoms with Crippen molar-refractivity contribution in [2.45, 2.75) is 113 Å². The van der Waals surface area contributed by atoms with Gasteiger partial charge in [0.2, 0.25) is 17.7 Å². The van der Waals surface area contributed by atoms with Gasteiger partial charge in [-0.05, 0) is 0 Å². The smallest absolute Gasteiger partial charge is 0.394 e. The van der Waals surface area contributed by atoms with Crippen molar-refractivity contribution in [3.8, 4) is 0 Å². The van der Waals surface area contributed by atoms with Crippen LogP contribution >= 0.6 is 15.6 Å². The van der Waals surface area contributed by atoms with Gasteiger partial charge in [-0.3, -0.25) is 32.5 Å². The van der Waals surface area contributed by atoms with Crippen molar-refractivity contribution < 1.29 is 106 Å². The summed E-state index contributed by atoms with van der Waals surface area (Å²) in [6, 6.07) is -4.74. The summed E-state index contributed by atoms with van der Waals surface area (Å²) in [5.41, 5.74) is 5.43. The van der Waals surface area contributed by atoms with E-state index in [9.17, 15) is 69.0 Å². The second kappa shape index (κ2) is 20.0. The Bertz CT molecular complexity index is 1370. The minimum Gasteiger partial charge on any atom is -0.394 e. The number of carbonyl (C=O) groups excluding carboxylic acids is 3. The predicted molar refractivity (Wildman–Crippen MR) is 171 cm³/mol. The van der Waals surface area contributed by atoms with Crippen molar-refractivity contribution in [2.75, 3.05) is 33.0 Å². The van der Waals surface area contributed by atoms with Crippen LogP contribution in [-0.2, 0) is 60.6 Å². The Morgan fingerprint density at radius 1 is 0.611 bits per heavy atom. The maximum absolute atomic E-state index is 13.1. The van der Waals surface area contributed by atoms with E-state index in [0.717, 1.165) is 20.8 Å². The molecule has 3 heterocycles. The van der Waals surface area contributed by atoms with Gasteiger partial charge >= 0.3 is 15.6 Å². The third kappa shape index (κ3) is 12.6. The number of hydrogen-bond acceptors (Lipinski definition) is 21. The second-order valence-electron chi connectivity index (χ2n) is 12.3. The zero-order valence-electron chi connectivity index (χ0n) is 29.0. The fourth-order valence-corrected chi connectivity index (χ4v) is 7.23. The Morgan fingerprint density at radius 2 is 0.944 bits per heavy atom. The Morgan fingerprint density at radius 3 is 1.30 bits per heavy atom. The van der Waals surface area contributed by atoms with Crippen LogP contribution in [-0.4, -0.2) is 188 Å². The van der Waals surface area contributed by atoms with Gasteiger partial charge in [0.05, 0.1) is 26.4 Å². The SMILES string of the molecule is CC(=O)N[C@@H]1[C@@H](OP(=O)(O)OC[C@H]2O[C@H](OP(=O)(O)OC[C@H]3O[C@H](OCCN)[C@@H](NC(C)=O)[C@@H](O)[C@@H]3O)[C@@H](NC(C)=O)[C@@H](O)[C@@H]2O)O[C@H](CO)[C@@H](O)[C@@H]1O. The number of carbonyl (C=O) groups is 3. The van der Waals surface area contributed by atoms with Crippen LogP contribution in [0.4, 0.5) is 0 Å². The Kier molecular flexibility index (Phi) is 17.3. The highest BCUT2D eigenvalue weighted by molar-refractivity contribution is 7.47. The third-order valence-electron chi connectivity index (χ3n) is 8.07. The van der Waals surface area contributed by atoms with Gasteiger partial charge in [-0.25, -0.2) is 9.13 Å². The first kappa shape index (κ1) is 46.5. The molecule has 3 rings (SSSR count). The molecule has 3 amide bonds. The van der Waals surface area contributed by atoms with E-state index in [4.69, 9.17) is 42.8 Å². The molecule has 3 fully saturated rings. The topological polar surface area (TPSA) is 403 Å². The van der Waals surface area contributed by atoms with Gasteiger partial charge in [-0.15, -0.1) is 0 Å². The van der Waals surface area contributed by atoms with Crippen molar-refractivity contribution in [2.24, 2.45) is 5.73 Å². The summed E-state index contributed by atoms with van der Waals surface area (Å²) in [4.78, 5) is 56.2. The van der Waals surface area contributed by atoms with E-state index in [0.29, 0.717) is 0 Å². The average Bonchev–Trinajstić information content (AvgIpc) is 3.07. The largest absolute Gasteiger partial charge is 0.474 e. The van der Waals surface area contributed by atoms with E-state index < -0.39 is 145 Å². The number of hydrogen-bond donors (Lipinski definition) is 13. The number of aliphatic hydroxyl groups is 7. The van der Waals surface area contributed by atoms with Gasteiger partial charge < -0.3 is 86.2 Å². The summed E-state index contributed by atoms with van der Waals surface area (Å²) < 4.78 is 67.3. The minimum absolute atomic E-state index is 0.00728. The van der Waals surface area contributed by atoms with Crippen LogP contribution in [0.3, 0.4) is 0 Å². The van der Waals surface area contributed by atoms with E-state index >= 15 is 0 Å². The number of amides is 3. The van der Waals surface area contributed by atoms with Crippen molar-refractivity contribution in [1.82, 2.24) is 16.0 Å². The van der Waals surface area contributed by atoms with E-state index in [1.165, 1.54) is 0 Å². The molecule has 26 nitrogen and oxygen atoms in total. The van der Waals surface area contributed by atoms with E-state index in [-0.39, 0.29) is 13.2 Å². The zero-order chi connectivity index (χ0) is 40.7. The van der Waals surface area contributed by atoms with Gasteiger partial charge in [0, 0.05) is 27.3 Å². The fourth-order valence-electron chi connectivity index (χ4n) is 5.55. The van der Waals surface area contributed by atoms with Crippen molar-refractivity contribution in [1.29, 1.82) is 0 Å². The molecule has 54 heavy (non-hydrogen) atoms. The van der Waals surface area contributed by atoms with Gasteiger partial charge in [0.25, 0.3) is 0 Å². The number of ether oxygens (including phenoxy) is 4. The molecular formula is C26H48N4O22P2. The molecule has 0 aromatic rings. The summed E-state index contributed by atoms with van der Waals surface area (Å²) in [5, 5.41) is 79.4. The number of nitrogens with two attached hydrogens (primary N) is 1. The number of nitrogens with one attached hydrogen (secondary N) is 3. The quantitative estimate of drug-likeness (QED) is 0.0606. The maximum Gasteiger partial charge on any atom is 0.474 e. The molecule has 17 atom stereocenters. The van der Waals surface area contributed by atoms with Crippen molar-refractivity contribution >= 4 is 33.4 Å². The standard InChI is InChI=1S/C26H48N4O22P2/c1-9(32)28-15-21(38)19(36)13(49-24(15)45-5-4-27)7-46-54(43,44)52-26-17(30-11(3)34)23(40)20(37)14(50-26)8-47-53(41,42)51-25-16(29-10(2)33)22(39)18(35)12(6-31)48-25/h12-26,31,35-40H,4-8,27H2,1-3H3,(H,28,32)(H,29,33)(H,30,34)(H,41,42)(H,43,44)/t12-,13-,14-,15+,16+,17+,18-,19-,20-,21-,22-,23-,24+,25-,26-/m1/s1. The lowest BCUT2D eigenvalue weighted by molar-refractivity contribution is -0.270. The highest BCUT2D eigenvalue weighted by Gasteiger charge is 2.52. The van der Waals surface area contributed by atoms with Crippen LogP contribution in [0.15, 0.2) is 0 Å². The first-order chi connectivity index (χ1) is 25.1. The molecule has 0 spiro atoms. The molecule has 0 aromatic heterocycles. The Balaban J connectivity index is 1.72. The molecule has 28 heteroatoms. The first-order valence-electron chi connectivity index (χ1n) is 16.2. The van der Waals surface area contributed by atoms with Gasteiger partial charge in [-0.1, -0.05) is 0 Å². The molecule has 3 aliphatic heterocycles. The summed E-state index contributed by atoms with van der Waals surface area (Å²) in [5.74, 6) is -2.25. The molecular weight excluding hydrogens is 782 g/mol. The lowest BCUT2D eigenvalue weighted by Crippen LogP contribution is -2.65.